The largest absolute Gasteiger partial charge is 0.444 e. The number of likely N-dealkylation sites (tertiary alicyclic amines) is 1. The summed E-state index contributed by atoms with van der Waals surface area (Å²) in [7, 11) is 0. The van der Waals surface area contributed by atoms with Crippen molar-refractivity contribution < 1.29 is 19.1 Å². The van der Waals surface area contributed by atoms with E-state index >= 15 is 0 Å². The van der Waals surface area contributed by atoms with Gasteiger partial charge in [-0.15, -0.1) is 0 Å². The average molecular weight is 327 g/mol. The highest BCUT2D eigenvalue weighted by Crippen LogP contribution is 2.21. The first-order chi connectivity index (χ1) is 10.6. The normalized spacial score (nSPS) is 20.7. The number of ether oxygens (including phenoxy) is 1. The maximum atomic E-state index is 12.5. The van der Waals surface area contributed by atoms with Gasteiger partial charge in [0.15, 0.2) is 0 Å². The van der Waals surface area contributed by atoms with Crippen LogP contribution in [0.2, 0.25) is 0 Å². The molecule has 1 rings (SSSR count). The molecule has 0 unspecified atom stereocenters. The van der Waals surface area contributed by atoms with Crippen molar-refractivity contribution in [3.8, 4) is 0 Å². The summed E-state index contributed by atoms with van der Waals surface area (Å²) in [6.45, 7) is 9.59. The summed E-state index contributed by atoms with van der Waals surface area (Å²) in [6.07, 6.45) is 1.49. The van der Waals surface area contributed by atoms with Gasteiger partial charge in [-0.3, -0.25) is 14.5 Å². The summed E-state index contributed by atoms with van der Waals surface area (Å²) >= 11 is 0. The molecule has 0 bridgehead atoms. The Kier molecular flexibility index (Phi) is 6.41. The molecule has 7 heteroatoms. The molecule has 23 heavy (non-hydrogen) atoms. The standard InChI is InChI=1S/C16H29N3O4/c1-6-10(2)12(13(17)20)18-14(21)11-8-7-9-19(11)15(22)23-16(3,4)5/h10-12H,6-9H2,1-5H3,(H2,17,20)(H,18,21)/t10-,11-,12-/m0/s1. The van der Waals surface area contributed by atoms with Gasteiger partial charge >= 0.3 is 6.09 Å². The van der Waals surface area contributed by atoms with Crippen LogP contribution in [0.1, 0.15) is 53.9 Å². The van der Waals surface area contributed by atoms with Crippen molar-refractivity contribution in [3.05, 3.63) is 0 Å². The fraction of sp³-hybridized carbons (Fsp3) is 0.812. The predicted octanol–water partition coefficient (Wildman–Crippen LogP) is 1.40. The van der Waals surface area contributed by atoms with Crippen molar-refractivity contribution in [2.45, 2.75) is 71.6 Å². The molecule has 1 aliphatic rings. The third kappa shape index (κ3) is 5.41. The third-order valence-electron chi connectivity index (χ3n) is 4.00. The zero-order valence-electron chi connectivity index (χ0n) is 14.7. The molecular formula is C16H29N3O4. The lowest BCUT2D eigenvalue weighted by atomic mass is 9.98. The molecule has 132 valence electrons. The minimum Gasteiger partial charge on any atom is -0.444 e. The zero-order chi connectivity index (χ0) is 17.8. The topological polar surface area (TPSA) is 102 Å². The maximum absolute atomic E-state index is 12.5. The smallest absolute Gasteiger partial charge is 0.410 e. The Morgan fingerprint density at radius 2 is 1.96 bits per heavy atom. The highest BCUT2D eigenvalue weighted by Gasteiger charge is 2.38. The lowest BCUT2D eigenvalue weighted by Gasteiger charge is -2.29. The number of rotatable bonds is 5. The molecule has 0 saturated carbocycles. The van der Waals surface area contributed by atoms with Gasteiger partial charge < -0.3 is 15.8 Å². The molecule has 0 aromatic heterocycles. The Morgan fingerprint density at radius 3 is 2.43 bits per heavy atom. The first kappa shape index (κ1) is 19.3. The van der Waals surface area contributed by atoms with Crippen LogP contribution in [0.5, 0.6) is 0 Å². The Labute approximate surface area is 137 Å². The summed E-state index contributed by atoms with van der Waals surface area (Å²) in [6, 6.07) is -1.34. The van der Waals surface area contributed by atoms with Gasteiger partial charge in [0, 0.05) is 6.54 Å². The Morgan fingerprint density at radius 1 is 1.35 bits per heavy atom. The first-order valence-corrected chi connectivity index (χ1v) is 8.16. The molecule has 1 aliphatic heterocycles. The van der Waals surface area contributed by atoms with Crippen LogP contribution in [-0.4, -0.2) is 47.0 Å². The highest BCUT2D eigenvalue weighted by molar-refractivity contribution is 5.91. The van der Waals surface area contributed by atoms with E-state index in [1.807, 2.05) is 13.8 Å². The van der Waals surface area contributed by atoms with Crippen molar-refractivity contribution >= 4 is 17.9 Å². The maximum Gasteiger partial charge on any atom is 0.410 e. The number of carbonyl (C=O) groups excluding carboxylic acids is 3. The number of carbonyl (C=O) groups is 3. The molecule has 3 amide bonds. The van der Waals surface area contributed by atoms with Gasteiger partial charge in [-0.2, -0.15) is 0 Å². The summed E-state index contributed by atoms with van der Waals surface area (Å²) in [5.74, 6) is -0.972. The lowest BCUT2D eigenvalue weighted by Crippen LogP contribution is -2.54. The molecule has 7 nitrogen and oxygen atoms in total. The highest BCUT2D eigenvalue weighted by atomic mass is 16.6. The van der Waals surface area contributed by atoms with E-state index in [1.54, 1.807) is 20.8 Å². The SMILES string of the molecule is CC[C@H](C)[C@H](NC(=O)[C@@H]1CCCN1C(=O)OC(C)(C)C)C(N)=O. The monoisotopic (exact) mass is 327 g/mol. The van der Waals surface area contributed by atoms with Gasteiger partial charge in [-0.25, -0.2) is 4.79 Å². The van der Waals surface area contributed by atoms with E-state index in [0.29, 0.717) is 19.4 Å². The van der Waals surface area contributed by atoms with E-state index in [0.717, 1.165) is 6.42 Å². The van der Waals surface area contributed by atoms with Gasteiger partial charge in [-0.1, -0.05) is 20.3 Å². The molecule has 1 saturated heterocycles. The van der Waals surface area contributed by atoms with Crippen molar-refractivity contribution in [1.82, 2.24) is 10.2 Å². The van der Waals surface area contributed by atoms with Crippen molar-refractivity contribution in [2.75, 3.05) is 6.54 Å². The Balaban J connectivity index is 2.77. The quantitative estimate of drug-likeness (QED) is 0.797. The van der Waals surface area contributed by atoms with E-state index in [2.05, 4.69) is 5.32 Å². The first-order valence-electron chi connectivity index (χ1n) is 8.16. The number of amides is 3. The second-order valence-corrected chi connectivity index (χ2v) is 7.11. The predicted molar refractivity (Wildman–Crippen MR) is 86.5 cm³/mol. The summed E-state index contributed by atoms with van der Waals surface area (Å²) in [5, 5.41) is 2.69. The number of nitrogens with one attached hydrogen (secondary N) is 1. The number of hydrogen-bond donors (Lipinski definition) is 2. The fourth-order valence-electron chi connectivity index (χ4n) is 2.56. The van der Waals surface area contributed by atoms with Gasteiger partial charge in [0.05, 0.1) is 0 Å². The van der Waals surface area contributed by atoms with Crippen LogP contribution < -0.4 is 11.1 Å². The fourth-order valence-corrected chi connectivity index (χ4v) is 2.56. The van der Waals surface area contributed by atoms with E-state index in [9.17, 15) is 14.4 Å². The molecule has 3 N–H and O–H groups in total. The molecule has 0 aliphatic carbocycles. The molecule has 0 radical (unpaired) electrons. The number of nitrogens with two attached hydrogens (primary N) is 1. The number of nitrogens with zero attached hydrogens (tertiary/aromatic N) is 1. The van der Waals surface area contributed by atoms with Gasteiger partial charge in [0.2, 0.25) is 11.8 Å². The van der Waals surface area contributed by atoms with Crippen molar-refractivity contribution in [2.24, 2.45) is 11.7 Å². The molecule has 0 aromatic rings. The van der Waals surface area contributed by atoms with Crippen molar-refractivity contribution in [1.29, 1.82) is 0 Å². The number of primary amides is 1. The van der Waals surface area contributed by atoms with Crippen LogP contribution in [0, 0.1) is 5.92 Å². The van der Waals surface area contributed by atoms with Gasteiger partial charge in [0.25, 0.3) is 0 Å². The van der Waals surface area contributed by atoms with E-state index in [4.69, 9.17) is 10.5 Å². The second kappa shape index (κ2) is 7.66. The molecule has 0 aromatic carbocycles. The van der Waals surface area contributed by atoms with Crippen LogP contribution in [0.4, 0.5) is 4.79 Å². The summed E-state index contributed by atoms with van der Waals surface area (Å²) in [4.78, 5) is 37.7. The number of hydrogen-bond acceptors (Lipinski definition) is 4. The van der Waals surface area contributed by atoms with Gasteiger partial charge in [-0.05, 0) is 39.5 Å². The minimum atomic E-state index is -0.728. The minimum absolute atomic E-state index is 0.0622. The third-order valence-corrected chi connectivity index (χ3v) is 4.00. The molecule has 0 spiro atoms. The second-order valence-electron chi connectivity index (χ2n) is 7.11. The van der Waals surface area contributed by atoms with E-state index < -0.39 is 29.7 Å². The molecule has 3 atom stereocenters. The molecule has 1 fully saturated rings. The Bertz CT molecular complexity index is 459. The zero-order valence-corrected chi connectivity index (χ0v) is 14.7. The van der Waals surface area contributed by atoms with Crippen LogP contribution in [0.3, 0.4) is 0 Å². The molecule has 1 heterocycles. The molecular weight excluding hydrogens is 298 g/mol. The van der Waals surface area contributed by atoms with E-state index in [1.165, 1.54) is 4.90 Å². The van der Waals surface area contributed by atoms with E-state index in [-0.39, 0.29) is 11.8 Å². The van der Waals surface area contributed by atoms with Crippen LogP contribution >= 0.6 is 0 Å². The summed E-state index contributed by atoms with van der Waals surface area (Å²) < 4.78 is 5.34. The van der Waals surface area contributed by atoms with Crippen molar-refractivity contribution in [3.63, 3.8) is 0 Å². The van der Waals surface area contributed by atoms with Gasteiger partial charge in [0.1, 0.15) is 17.7 Å². The van der Waals surface area contributed by atoms with Crippen LogP contribution in [0.15, 0.2) is 0 Å². The lowest BCUT2D eigenvalue weighted by molar-refractivity contribution is -0.131. The van der Waals surface area contributed by atoms with Crippen LogP contribution in [0.25, 0.3) is 0 Å². The van der Waals surface area contributed by atoms with Crippen LogP contribution in [-0.2, 0) is 14.3 Å². The Hall–Kier alpha value is -1.79. The average Bonchev–Trinajstić information content (AvgIpc) is 2.91. The summed E-state index contributed by atoms with van der Waals surface area (Å²) in [5.41, 5.74) is 4.76.